The minimum Gasteiger partial charge on any atom is -0.364 e. The van der Waals surface area contributed by atoms with Crippen LogP contribution in [-0.4, -0.2) is 26.3 Å². The molecule has 0 aromatic carbocycles. The second kappa shape index (κ2) is 5.69. The minimum absolute atomic E-state index is 0.666. The van der Waals surface area contributed by atoms with Crippen LogP contribution in [-0.2, 0) is 13.6 Å². The number of anilines is 2. The summed E-state index contributed by atoms with van der Waals surface area (Å²) in [4.78, 5) is 11.4. The molecular weight excluding hydrogens is 284 g/mol. The van der Waals surface area contributed by atoms with Gasteiger partial charge in [-0.05, 0) is 26.0 Å². The zero-order chi connectivity index (χ0) is 14.8. The van der Waals surface area contributed by atoms with Crippen molar-refractivity contribution in [3.05, 3.63) is 28.9 Å². The Kier molecular flexibility index (Phi) is 3.74. The molecule has 3 aromatic rings. The van der Waals surface area contributed by atoms with Crippen molar-refractivity contribution in [1.29, 1.82) is 0 Å². The first-order valence-electron chi connectivity index (χ1n) is 6.90. The lowest BCUT2D eigenvalue weighted by atomic mass is 10.3. The van der Waals surface area contributed by atoms with E-state index in [9.17, 15) is 0 Å². The van der Waals surface area contributed by atoms with Gasteiger partial charge in [-0.1, -0.05) is 0 Å². The molecule has 2 N–H and O–H groups in total. The van der Waals surface area contributed by atoms with E-state index in [2.05, 4.69) is 38.7 Å². The average molecular weight is 302 g/mol. The van der Waals surface area contributed by atoms with Gasteiger partial charge in [-0.3, -0.25) is 4.68 Å². The van der Waals surface area contributed by atoms with Crippen LogP contribution in [0.2, 0.25) is 0 Å². The first-order chi connectivity index (χ1) is 10.2. The van der Waals surface area contributed by atoms with Crippen molar-refractivity contribution >= 4 is 33.3 Å². The lowest BCUT2D eigenvalue weighted by molar-refractivity contribution is 0.720. The predicted octanol–water partition coefficient (Wildman–Crippen LogP) is 2.78. The molecular formula is C14H18N6S. The number of aryl methyl sites for hydroxylation is 2. The summed E-state index contributed by atoms with van der Waals surface area (Å²) < 4.78 is 1.86. The molecule has 0 saturated carbocycles. The van der Waals surface area contributed by atoms with Crippen LogP contribution < -0.4 is 10.6 Å². The summed E-state index contributed by atoms with van der Waals surface area (Å²) >= 11 is 1.68. The zero-order valence-electron chi connectivity index (χ0n) is 12.3. The third-order valence-electron chi connectivity index (χ3n) is 3.21. The van der Waals surface area contributed by atoms with Crippen molar-refractivity contribution in [1.82, 2.24) is 19.7 Å². The Morgan fingerprint density at radius 2 is 2.14 bits per heavy atom. The Morgan fingerprint density at radius 1 is 1.29 bits per heavy atom. The summed E-state index contributed by atoms with van der Waals surface area (Å²) in [6, 6.07) is 4.12. The fraction of sp³-hybridized carbons (Fsp3) is 0.357. The van der Waals surface area contributed by atoms with E-state index in [1.807, 2.05) is 24.7 Å². The van der Waals surface area contributed by atoms with Crippen molar-refractivity contribution in [2.24, 2.45) is 7.05 Å². The van der Waals surface area contributed by atoms with E-state index in [4.69, 9.17) is 0 Å². The fourth-order valence-corrected chi connectivity index (χ4v) is 3.04. The van der Waals surface area contributed by atoms with Gasteiger partial charge in [0.05, 0.1) is 17.6 Å². The number of nitrogens with one attached hydrogen (secondary N) is 2. The molecule has 6 nitrogen and oxygen atoms in total. The minimum atomic E-state index is 0.666. The molecule has 0 unspecified atom stereocenters. The Bertz CT molecular complexity index is 760. The van der Waals surface area contributed by atoms with Gasteiger partial charge >= 0.3 is 0 Å². The zero-order valence-corrected chi connectivity index (χ0v) is 13.2. The second-order valence-corrected chi connectivity index (χ2v) is 6.04. The topological polar surface area (TPSA) is 67.7 Å². The smallest absolute Gasteiger partial charge is 0.226 e. The molecule has 3 aromatic heterocycles. The maximum atomic E-state index is 4.58. The quantitative estimate of drug-likeness (QED) is 0.758. The molecule has 0 aliphatic heterocycles. The number of nitrogens with zero attached hydrogens (tertiary/aromatic N) is 4. The van der Waals surface area contributed by atoms with Gasteiger partial charge in [0, 0.05) is 24.7 Å². The van der Waals surface area contributed by atoms with E-state index in [1.165, 1.54) is 4.88 Å². The van der Waals surface area contributed by atoms with Crippen LogP contribution in [0.3, 0.4) is 0 Å². The number of aromatic nitrogens is 4. The molecule has 0 bridgehead atoms. The highest BCUT2D eigenvalue weighted by molar-refractivity contribution is 7.18. The Balaban J connectivity index is 1.93. The van der Waals surface area contributed by atoms with E-state index in [1.54, 1.807) is 17.5 Å². The molecule has 110 valence electrons. The Labute approximate surface area is 127 Å². The maximum absolute atomic E-state index is 4.58. The van der Waals surface area contributed by atoms with Gasteiger partial charge in [0.2, 0.25) is 5.95 Å². The Morgan fingerprint density at radius 3 is 2.86 bits per heavy atom. The van der Waals surface area contributed by atoms with Crippen molar-refractivity contribution in [2.75, 3.05) is 17.2 Å². The van der Waals surface area contributed by atoms with E-state index in [-0.39, 0.29) is 0 Å². The molecule has 7 heteroatoms. The number of thiophene rings is 1. The van der Waals surface area contributed by atoms with E-state index < -0.39 is 0 Å². The van der Waals surface area contributed by atoms with Gasteiger partial charge in [-0.25, -0.2) is 4.98 Å². The molecule has 3 rings (SSSR count). The standard InChI is InChI=1S/C14H18N6S/c1-4-15-14-18-12(11-7-9(2)21-13(11)19-14)16-8-10-5-6-17-20(10)3/h5-7H,4,8H2,1-3H3,(H2,15,16,18,19). The molecule has 0 atom stereocenters. The monoisotopic (exact) mass is 302 g/mol. The molecule has 0 amide bonds. The summed E-state index contributed by atoms with van der Waals surface area (Å²) in [7, 11) is 1.94. The lowest BCUT2D eigenvalue weighted by Gasteiger charge is -2.09. The number of hydrogen-bond acceptors (Lipinski definition) is 6. The summed E-state index contributed by atoms with van der Waals surface area (Å²) in [5, 5.41) is 11.8. The SMILES string of the molecule is CCNc1nc(NCc2ccnn2C)c2cc(C)sc2n1. The van der Waals surface area contributed by atoms with Crippen LogP contribution >= 0.6 is 11.3 Å². The van der Waals surface area contributed by atoms with E-state index in [0.29, 0.717) is 12.5 Å². The average Bonchev–Trinajstić information content (AvgIpc) is 3.01. The molecule has 3 heterocycles. The second-order valence-electron chi connectivity index (χ2n) is 4.80. The Hall–Kier alpha value is -2.15. The molecule has 21 heavy (non-hydrogen) atoms. The van der Waals surface area contributed by atoms with Crippen LogP contribution in [0, 0.1) is 6.92 Å². The first kappa shape index (κ1) is 13.8. The first-order valence-corrected chi connectivity index (χ1v) is 7.72. The van der Waals surface area contributed by atoms with Crippen molar-refractivity contribution in [2.45, 2.75) is 20.4 Å². The van der Waals surface area contributed by atoms with E-state index >= 15 is 0 Å². The van der Waals surface area contributed by atoms with Crippen molar-refractivity contribution < 1.29 is 0 Å². The lowest BCUT2D eigenvalue weighted by Crippen LogP contribution is -2.09. The molecule has 0 saturated heterocycles. The largest absolute Gasteiger partial charge is 0.364 e. The van der Waals surface area contributed by atoms with Crippen LogP contribution in [0.5, 0.6) is 0 Å². The van der Waals surface area contributed by atoms with Gasteiger partial charge in [-0.15, -0.1) is 11.3 Å². The number of hydrogen-bond donors (Lipinski definition) is 2. The molecule has 0 aliphatic rings. The third kappa shape index (κ3) is 2.82. The highest BCUT2D eigenvalue weighted by Crippen LogP contribution is 2.29. The molecule has 0 fully saturated rings. The predicted molar refractivity (Wildman–Crippen MR) is 86.9 cm³/mol. The number of fused-ring (bicyclic) bond motifs is 1. The highest BCUT2D eigenvalue weighted by Gasteiger charge is 2.10. The van der Waals surface area contributed by atoms with Crippen LogP contribution in [0.4, 0.5) is 11.8 Å². The van der Waals surface area contributed by atoms with Crippen LogP contribution in [0.1, 0.15) is 17.5 Å². The third-order valence-corrected chi connectivity index (χ3v) is 4.15. The molecule has 0 spiro atoms. The number of rotatable bonds is 5. The van der Waals surface area contributed by atoms with Gasteiger partial charge in [0.1, 0.15) is 10.6 Å². The fourth-order valence-electron chi connectivity index (χ4n) is 2.16. The van der Waals surface area contributed by atoms with Gasteiger partial charge in [0.25, 0.3) is 0 Å². The van der Waals surface area contributed by atoms with Crippen LogP contribution in [0.15, 0.2) is 18.3 Å². The maximum Gasteiger partial charge on any atom is 0.226 e. The van der Waals surface area contributed by atoms with E-state index in [0.717, 1.165) is 28.3 Å². The van der Waals surface area contributed by atoms with Crippen molar-refractivity contribution in [3.63, 3.8) is 0 Å². The van der Waals surface area contributed by atoms with Gasteiger partial charge in [0.15, 0.2) is 0 Å². The summed E-state index contributed by atoms with van der Waals surface area (Å²) in [6.45, 7) is 5.61. The normalized spacial score (nSPS) is 11.0. The van der Waals surface area contributed by atoms with Crippen LogP contribution in [0.25, 0.3) is 10.2 Å². The van der Waals surface area contributed by atoms with Gasteiger partial charge < -0.3 is 10.6 Å². The molecule has 0 aliphatic carbocycles. The highest BCUT2D eigenvalue weighted by atomic mass is 32.1. The van der Waals surface area contributed by atoms with Gasteiger partial charge in [-0.2, -0.15) is 10.1 Å². The summed E-state index contributed by atoms with van der Waals surface area (Å²) in [6.07, 6.45) is 1.80. The van der Waals surface area contributed by atoms with Crippen molar-refractivity contribution in [3.8, 4) is 0 Å². The summed E-state index contributed by atoms with van der Waals surface area (Å²) in [5.41, 5.74) is 1.11. The summed E-state index contributed by atoms with van der Waals surface area (Å²) in [5.74, 6) is 1.53. The molecule has 0 radical (unpaired) electrons.